The van der Waals surface area contributed by atoms with Gasteiger partial charge < -0.3 is 4.90 Å². The minimum Gasteiger partial charge on any atom is -0.358 e. The standard InChI is InChI=1S/C13H16N2O2S2/c1-10(19-13(18)14-7-2-3-8-14)11-5-4-6-12(9-11)15(16)17/h4-6,9-10H,2-3,7-8H2,1H3. The average Bonchev–Trinajstić information content (AvgIpc) is 2.92. The Labute approximate surface area is 122 Å². The summed E-state index contributed by atoms with van der Waals surface area (Å²) in [6.45, 7) is 4.10. The Morgan fingerprint density at radius 1 is 1.47 bits per heavy atom. The van der Waals surface area contributed by atoms with Crippen LogP contribution >= 0.6 is 24.0 Å². The molecule has 0 radical (unpaired) electrons. The third-order valence-electron chi connectivity index (χ3n) is 3.19. The van der Waals surface area contributed by atoms with E-state index in [2.05, 4.69) is 4.90 Å². The van der Waals surface area contributed by atoms with E-state index in [1.165, 1.54) is 18.9 Å². The summed E-state index contributed by atoms with van der Waals surface area (Å²) in [6.07, 6.45) is 2.40. The SMILES string of the molecule is CC(SC(=S)N1CCCC1)c1cccc([N+](=O)[O-])c1. The highest BCUT2D eigenvalue weighted by atomic mass is 32.2. The Balaban J connectivity index is 2.02. The van der Waals surface area contributed by atoms with E-state index in [-0.39, 0.29) is 15.9 Å². The van der Waals surface area contributed by atoms with Gasteiger partial charge in [-0.1, -0.05) is 36.1 Å². The van der Waals surface area contributed by atoms with Gasteiger partial charge in [0.05, 0.1) is 4.92 Å². The van der Waals surface area contributed by atoms with Crippen molar-refractivity contribution < 1.29 is 4.92 Å². The van der Waals surface area contributed by atoms with Crippen molar-refractivity contribution in [3.05, 3.63) is 39.9 Å². The maximum atomic E-state index is 10.8. The molecule has 0 saturated carbocycles. The highest BCUT2D eigenvalue weighted by Gasteiger charge is 2.19. The zero-order chi connectivity index (χ0) is 13.8. The molecule has 1 aromatic rings. The minimum atomic E-state index is -0.361. The van der Waals surface area contributed by atoms with Crippen LogP contribution in [0.3, 0.4) is 0 Å². The predicted octanol–water partition coefficient (Wildman–Crippen LogP) is 3.77. The lowest BCUT2D eigenvalue weighted by Crippen LogP contribution is -2.23. The van der Waals surface area contributed by atoms with E-state index in [0.717, 1.165) is 23.0 Å². The van der Waals surface area contributed by atoms with Crippen LogP contribution in [-0.2, 0) is 0 Å². The summed E-state index contributed by atoms with van der Waals surface area (Å²) in [4.78, 5) is 12.6. The van der Waals surface area contributed by atoms with Gasteiger partial charge in [-0.25, -0.2) is 0 Å². The summed E-state index contributed by atoms with van der Waals surface area (Å²) >= 11 is 7.03. The molecule has 0 bridgehead atoms. The van der Waals surface area contributed by atoms with Crippen molar-refractivity contribution in [1.29, 1.82) is 0 Å². The molecule has 4 nitrogen and oxygen atoms in total. The minimum absolute atomic E-state index is 0.132. The van der Waals surface area contributed by atoms with E-state index in [0.29, 0.717) is 0 Å². The molecule has 1 fully saturated rings. The van der Waals surface area contributed by atoms with Gasteiger partial charge in [-0.3, -0.25) is 10.1 Å². The van der Waals surface area contributed by atoms with Crippen LogP contribution in [0.25, 0.3) is 0 Å². The monoisotopic (exact) mass is 296 g/mol. The fraction of sp³-hybridized carbons (Fsp3) is 0.462. The van der Waals surface area contributed by atoms with Gasteiger partial charge in [0.25, 0.3) is 5.69 Å². The highest BCUT2D eigenvalue weighted by Crippen LogP contribution is 2.33. The van der Waals surface area contributed by atoms with E-state index in [9.17, 15) is 10.1 Å². The predicted molar refractivity (Wildman–Crippen MR) is 82.5 cm³/mol. The topological polar surface area (TPSA) is 46.4 Å². The van der Waals surface area contributed by atoms with Crippen LogP contribution in [0.4, 0.5) is 5.69 Å². The first-order chi connectivity index (χ1) is 9.08. The fourth-order valence-electron chi connectivity index (χ4n) is 2.08. The molecule has 1 heterocycles. The average molecular weight is 296 g/mol. The van der Waals surface area contributed by atoms with Crippen LogP contribution in [0.1, 0.15) is 30.6 Å². The quantitative estimate of drug-likeness (QED) is 0.483. The van der Waals surface area contributed by atoms with Crippen LogP contribution in [-0.4, -0.2) is 27.2 Å². The molecule has 0 spiro atoms. The summed E-state index contributed by atoms with van der Waals surface area (Å²) in [5.41, 5.74) is 1.08. The number of nitro groups is 1. The number of hydrogen-bond acceptors (Lipinski definition) is 4. The van der Waals surface area contributed by atoms with E-state index < -0.39 is 0 Å². The molecule has 1 unspecified atom stereocenters. The van der Waals surface area contributed by atoms with Crippen LogP contribution in [0.2, 0.25) is 0 Å². The molecule has 102 valence electrons. The second-order valence-electron chi connectivity index (χ2n) is 4.57. The van der Waals surface area contributed by atoms with Crippen LogP contribution in [0.15, 0.2) is 24.3 Å². The Kier molecular flexibility index (Phi) is 4.76. The van der Waals surface area contributed by atoms with Gasteiger partial charge in [0.1, 0.15) is 4.32 Å². The molecule has 1 aromatic carbocycles. The summed E-state index contributed by atoms with van der Waals surface area (Å²) in [6, 6.07) is 6.78. The zero-order valence-electron chi connectivity index (χ0n) is 10.7. The third-order valence-corrected chi connectivity index (χ3v) is 4.82. The Morgan fingerprint density at radius 3 is 2.79 bits per heavy atom. The van der Waals surface area contributed by atoms with Crippen molar-refractivity contribution in [3.63, 3.8) is 0 Å². The number of non-ortho nitro benzene ring substituents is 1. The second kappa shape index (κ2) is 6.34. The van der Waals surface area contributed by atoms with Crippen molar-refractivity contribution in [1.82, 2.24) is 4.90 Å². The lowest BCUT2D eigenvalue weighted by Gasteiger charge is -2.20. The normalized spacial score (nSPS) is 16.4. The summed E-state index contributed by atoms with van der Waals surface area (Å²) in [5, 5.41) is 10.9. The van der Waals surface area contributed by atoms with Gasteiger partial charge in [0, 0.05) is 30.5 Å². The number of hydrogen-bond donors (Lipinski definition) is 0. The van der Waals surface area contributed by atoms with Gasteiger partial charge in [-0.15, -0.1) is 0 Å². The largest absolute Gasteiger partial charge is 0.358 e. The van der Waals surface area contributed by atoms with Crippen molar-refractivity contribution >= 4 is 34.0 Å². The van der Waals surface area contributed by atoms with Crippen LogP contribution in [0.5, 0.6) is 0 Å². The summed E-state index contributed by atoms with van der Waals surface area (Å²) < 4.78 is 0.900. The lowest BCUT2D eigenvalue weighted by molar-refractivity contribution is -0.384. The molecule has 0 aromatic heterocycles. The van der Waals surface area contributed by atoms with E-state index in [1.54, 1.807) is 23.9 Å². The van der Waals surface area contributed by atoms with Crippen molar-refractivity contribution in [2.75, 3.05) is 13.1 Å². The van der Waals surface area contributed by atoms with Gasteiger partial charge >= 0.3 is 0 Å². The van der Waals surface area contributed by atoms with Crippen molar-refractivity contribution in [2.45, 2.75) is 25.0 Å². The van der Waals surface area contributed by atoms with E-state index >= 15 is 0 Å². The maximum Gasteiger partial charge on any atom is 0.269 e. The van der Waals surface area contributed by atoms with Gasteiger partial charge in [0.2, 0.25) is 0 Å². The van der Waals surface area contributed by atoms with Gasteiger partial charge in [-0.2, -0.15) is 0 Å². The number of nitrogens with zero attached hydrogens (tertiary/aromatic N) is 2. The first-order valence-electron chi connectivity index (χ1n) is 6.28. The van der Waals surface area contributed by atoms with E-state index in [4.69, 9.17) is 12.2 Å². The molecule has 0 aliphatic carbocycles. The Morgan fingerprint density at radius 2 is 2.16 bits per heavy atom. The molecule has 1 atom stereocenters. The molecular formula is C13H16N2O2S2. The molecule has 0 N–H and O–H groups in total. The molecule has 2 rings (SSSR count). The number of benzene rings is 1. The smallest absolute Gasteiger partial charge is 0.269 e. The Hall–Kier alpha value is -1.14. The summed E-state index contributed by atoms with van der Waals surface area (Å²) in [7, 11) is 0. The first-order valence-corrected chi connectivity index (χ1v) is 7.56. The first kappa shape index (κ1) is 14.3. The Bertz CT molecular complexity index is 487. The second-order valence-corrected chi connectivity index (χ2v) is 6.55. The van der Waals surface area contributed by atoms with Crippen molar-refractivity contribution in [2.24, 2.45) is 0 Å². The lowest BCUT2D eigenvalue weighted by atomic mass is 10.1. The van der Waals surface area contributed by atoms with Crippen LogP contribution in [0, 0.1) is 10.1 Å². The summed E-state index contributed by atoms with van der Waals surface area (Å²) in [5.74, 6) is 0. The number of rotatable bonds is 3. The maximum absolute atomic E-state index is 10.8. The third kappa shape index (κ3) is 3.67. The van der Waals surface area contributed by atoms with Crippen LogP contribution < -0.4 is 0 Å². The number of likely N-dealkylation sites (tertiary alicyclic amines) is 1. The van der Waals surface area contributed by atoms with Gasteiger partial charge in [0.15, 0.2) is 0 Å². The van der Waals surface area contributed by atoms with Gasteiger partial charge in [-0.05, 0) is 25.3 Å². The molecule has 0 amide bonds. The van der Waals surface area contributed by atoms with E-state index in [1.807, 2.05) is 13.0 Å². The molecular weight excluding hydrogens is 280 g/mol. The molecule has 19 heavy (non-hydrogen) atoms. The molecule has 6 heteroatoms. The zero-order valence-corrected chi connectivity index (χ0v) is 12.4. The number of thioether (sulfide) groups is 1. The molecule has 1 aliphatic heterocycles. The van der Waals surface area contributed by atoms with Crippen molar-refractivity contribution in [3.8, 4) is 0 Å². The number of thiocarbonyl (C=S) groups is 1. The molecule has 1 saturated heterocycles. The number of nitro benzene ring substituents is 1. The fourth-order valence-corrected chi connectivity index (χ4v) is 3.62. The molecule has 1 aliphatic rings. The highest BCUT2D eigenvalue weighted by molar-refractivity contribution is 8.23.